The van der Waals surface area contributed by atoms with E-state index in [1.165, 1.54) is 0 Å². The molecule has 1 fully saturated rings. The maximum absolute atomic E-state index is 12.3. The van der Waals surface area contributed by atoms with Gasteiger partial charge in [-0.05, 0) is 32.1 Å². The zero-order valence-corrected chi connectivity index (χ0v) is 12.9. The van der Waals surface area contributed by atoms with Gasteiger partial charge in [0, 0.05) is 12.0 Å². The number of esters is 1. The molecule has 1 aliphatic rings. The van der Waals surface area contributed by atoms with Gasteiger partial charge in [-0.2, -0.15) is 0 Å². The highest BCUT2D eigenvalue weighted by atomic mass is 16.5. The highest BCUT2D eigenvalue weighted by Crippen LogP contribution is 2.23. The topological polar surface area (TPSA) is 81.4 Å². The molecule has 0 aromatic heterocycles. The van der Waals surface area contributed by atoms with Gasteiger partial charge in [-0.3, -0.25) is 4.79 Å². The number of carbonyl (C=O) groups excluding carboxylic acids is 2. The van der Waals surface area contributed by atoms with Crippen LogP contribution in [0.1, 0.15) is 52.9 Å². The van der Waals surface area contributed by atoms with Gasteiger partial charge in [0.15, 0.2) is 0 Å². The molecule has 5 nitrogen and oxygen atoms in total. The van der Waals surface area contributed by atoms with Gasteiger partial charge in [0.05, 0.1) is 6.61 Å². The number of ether oxygens (including phenoxy) is 1. The molecule has 0 radical (unpaired) electrons. The number of nitrogens with two attached hydrogens (primary N) is 1. The van der Waals surface area contributed by atoms with Crippen molar-refractivity contribution >= 4 is 11.9 Å². The van der Waals surface area contributed by atoms with Crippen LogP contribution in [0.3, 0.4) is 0 Å². The van der Waals surface area contributed by atoms with Crippen LogP contribution in [-0.4, -0.2) is 30.6 Å². The normalized spacial score (nSPS) is 25.6. The smallest absolute Gasteiger partial charge is 0.328 e. The lowest BCUT2D eigenvalue weighted by molar-refractivity contribution is -0.149. The molecule has 20 heavy (non-hydrogen) atoms. The van der Waals surface area contributed by atoms with Gasteiger partial charge in [0.25, 0.3) is 0 Å². The Morgan fingerprint density at radius 2 is 2.05 bits per heavy atom. The predicted molar refractivity (Wildman–Crippen MR) is 78.0 cm³/mol. The molecule has 1 amide bonds. The summed E-state index contributed by atoms with van der Waals surface area (Å²) in [6.45, 7) is 6.05. The van der Waals surface area contributed by atoms with Crippen molar-refractivity contribution in [3.8, 4) is 0 Å². The minimum Gasteiger partial charge on any atom is -0.464 e. The van der Waals surface area contributed by atoms with Crippen LogP contribution in [0, 0.1) is 11.8 Å². The number of amides is 1. The summed E-state index contributed by atoms with van der Waals surface area (Å²) in [6, 6.07) is -0.449. The summed E-state index contributed by atoms with van der Waals surface area (Å²) in [6.07, 6.45) is 4.34. The first-order valence-electron chi connectivity index (χ1n) is 7.72. The van der Waals surface area contributed by atoms with Crippen LogP contribution in [-0.2, 0) is 14.3 Å². The van der Waals surface area contributed by atoms with Crippen LogP contribution in [0.2, 0.25) is 0 Å². The van der Waals surface area contributed by atoms with Gasteiger partial charge in [-0.1, -0.05) is 26.7 Å². The predicted octanol–water partition coefficient (Wildman–Crippen LogP) is 1.60. The van der Waals surface area contributed by atoms with E-state index in [-0.39, 0.29) is 29.8 Å². The second kappa shape index (κ2) is 8.25. The van der Waals surface area contributed by atoms with E-state index in [4.69, 9.17) is 10.5 Å². The number of rotatable bonds is 6. The lowest BCUT2D eigenvalue weighted by Gasteiger charge is -2.29. The van der Waals surface area contributed by atoms with Crippen molar-refractivity contribution in [3.63, 3.8) is 0 Å². The van der Waals surface area contributed by atoms with Gasteiger partial charge in [0.2, 0.25) is 5.91 Å². The van der Waals surface area contributed by atoms with E-state index in [9.17, 15) is 9.59 Å². The van der Waals surface area contributed by atoms with Gasteiger partial charge in [-0.25, -0.2) is 4.79 Å². The third-order valence-corrected chi connectivity index (χ3v) is 4.14. The SMILES string of the molecule is CCOC(=O)C(NC(=O)C1CCCC(N)C1)C(C)CC. The summed E-state index contributed by atoms with van der Waals surface area (Å²) in [5.74, 6) is -0.399. The van der Waals surface area contributed by atoms with Crippen LogP contribution in [0.4, 0.5) is 0 Å². The van der Waals surface area contributed by atoms with Crippen molar-refractivity contribution in [3.05, 3.63) is 0 Å². The number of carbonyl (C=O) groups is 2. The summed E-state index contributed by atoms with van der Waals surface area (Å²) in [5, 5.41) is 2.87. The molecule has 0 aromatic rings. The molecule has 1 aliphatic carbocycles. The van der Waals surface area contributed by atoms with Gasteiger partial charge in [-0.15, -0.1) is 0 Å². The molecule has 0 bridgehead atoms. The fraction of sp³-hybridized carbons (Fsp3) is 0.867. The van der Waals surface area contributed by atoms with Crippen LogP contribution in [0.15, 0.2) is 0 Å². The average Bonchev–Trinajstić information content (AvgIpc) is 2.43. The molecule has 0 aromatic carbocycles. The van der Waals surface area contributed by atoms with E-state index < -0.39 is 6.04 Å². The monoisotopic (exact) mass is 284 g/mol. The molecule has 3 N–H and O–H groups in total. The summed E-state index contributed by atoms with van der Waals surface area (Å²) >= 11 is 0. The van der Waals surface area contributed by atoms with Crippen molar-refractivity contribution in [2.75, 3.05) is 6.61 Å². The fourth-order valence-corrected chi connectivity index (χ4v) is 2.64. The Bertz CT molecular complexity index is 333. The van der Waals surface area contributed by atoms with E-state index in [0.29, 0.717) is 13.0 Å². The molecule has 116 valence electrons. The number of hydrogen-bond donors (Lipinski definition) is 2. The van der Waals surface area contributed by atoms with E-state index in [1.54, 1.807) is 6.92 Å². The third-order valence-electron chi connectivity index (χ3n) is 4.14. The average molecular weight is 284 g/mol. The summed E-state index contributed by atoms with van der Waals surface area (Å²) in [4.78, 5) is 24.3. The van der Waals surface area contributed by atoms with Crippen molar-refractivity contribution in [1.82, 2.24) is 5.32 Å². The highest BCUT2D eigenvalue weighted by Gasteiger charge is 2.31. The minimum atomic E-state index is -0.550. The Morgan fingerprint density at radius 3 is 2.60 bits per heavy atom. The molecule has 1 saturated carbocycles. The molecule has 0 spiro atoms. The molecule has 0 saturated heterocycles. The fourth-order valence-electron chi connectivity index (χ4n) is 2.64. The van der Waals surface area contributed by atoms with Gasteiger partial charge in [0.1, 0.15) is 6.04 Å². The Kier molecular flexibility index (Phi) is 6.99. The summed E-state index contributed by atoms with van der Waals surface area (Å²) in [7, 11) is 0. The molecule has 5 heteroatoms. The summed E-state index contributed by atoms with van der Waals surface area (Å²) < 4.78 is 5.06. The molecular formula is C15H28N2O3. The third kappa shape index (κ3) is 4.78. The van der Waals surface area contributed by atoms with E-state index in [2.05, 4.69) is 5.32 Å². The van der Waals surface area contributed by atoms with E-state index in [1.807, 2.05) is 13.8 Å². The maximum Gasteiger partial charge on any atom is 0.328 e. The Balaban J connectivity index is 2.63. The summed E-state index contributed by atoms with van der Waals surface area (Å²) in [5.41, 5.74) is 5.92. The highest BCUT2D eigenvalue weighted by molar-refractivity contribution is 5.86. The zero-order chi connectivity index (χ0) is 15.1. The lowest BCUT2D eigenvalue weighted by Crippen LogP contribution is -2.49. The zero-order valence-electron chi connectivity index (χ0n) is 12.9. The van der Waals surface area contributed by atoms with E-state index >= 15 is 0 Å². The Morgan fingerprint density at radius 1 is 1.35 bits per heavy atom. The largest absolute Gasteiger partial charge is 0.464 e. The molecule has 4 unspecified atom stereocenters. The molecule has 4 atom stereocenters. The molecule has 0 aliphatic heterocycles. The van der Waals surface area contributed by atoms with Gasteiger partial charge >= 0.3 is 5.97 Å². The number of nitrogens with one attached hydrogen (secondary N) is 1. The second-order valence-electron chi connectivity index (χ2n) is 5.75. The van der Waals surface area contributed by atoms with Crippen LogP contribution < -0.4 is 11.1 Å². The van der Waals surface area contributed by atoms with Crippen molar-refractivity contribution in [2.24, 2.45) is 17.6 Å². The number of hydrogen-bond acceptors (Lipinski definition) is 4. The minimum absolute atomic E-state index is 0.0569. The molecule has 0 heterocycles. The van der Waals surface area contributed by atoms with Crippen LogP contribution in [0.5, 0.6) is 0 Å². The Labute approximate surface area is 121 Å². The first-order valence-corrected chi connectivity index (χ1v) is 7.72. The quantitative estimate of drug-likeness (QED) is 0.726. The molecule has 1 rings (SSSR count). The first-order chi connectivity index (χ1) is 9.49. The van der Waals surface area contributed by atoms with Crippen LogP contribution >= 0.6 is 0 Å². The van der Waals surface area contributed by atoms with Gasteiger partial charge < -0.3 is 15.8 Å². The lowest BCUT2D eigenvalue weighted by atomic mass is 9.85. The van der Waals surface area contributed by atoms with Crippen molar-refractivity contribution in [1.29, 1.82) is 0 Å². The van der Waals surface area contributed by atoms with Crippen molar-refractivity contribution < 1.29 is 14.3 Å². The Hall–Kier alpha value is -1.10. The van der Waals surface area contributed by atoms with Crippen molar-refractivity contribution in [2.45, 2.75) is 65.0 Å². The first kappa shape index (κ1) is 17.0. The molecular weight excluding hydrogens is 256 g/mol. The second-order valence-corrected chi connectivity index (χ2v) is 5.75. The standard InChI is InChI=1S/C15H28N2O3/c1-4-10(3)13(15(19)20-5-2)17-14(18)11-7-6-8-12(16)9-11/h10-13H,4-9,16H2,1-3H3,(H,17,18). The maximum atomic E-state index is 12.3. The van der Waals surface area contributed by atoms with Crippen LogP contribution in [0.25, 0.3) is 0 Å². The van der Waals surface area contributed by atoms with E-state index in [0.717, 1.165) is 25.7 Å².